The molecule has 0 saturated heterocycles. The van der Waals surface area contributed by atoms with Gasteiger partial charge in [-0.05, 0) is 18.2 Å². The molecule has 0 N–H and O–H groups in total. The summed E-state index contributed by atoms with van der Waals surface area (Å²) in [4.78, 5) is 3.99. The minimum atomic E-state index is 0.739. The third kappa shape index (κ3) is 1.40. The minimum Gasteiger partial charge on any atom is -0.262 e. The van der Waals surface area contributed by atoms with E-state index in [1.165, 1.54) is 11.3 Å². The van der Waals surface area contributed by atoms with E-state index in [4.69, 9.17) is 11.6 Å². The highest BCUT2D eigenvalue weighted by molar-refractivity contribution is 7.18. The molecule has 0 aliphatic carbocycles. The number of fused-ring (bicyclic) bond motifs is 1. The van der Waals surface area contributed by atoms with Crippen molar-refractivity contribution in [3.8, 4) is 5.00 Å². The summed E-state index contributed by atoms with van der Waals surface area (Å²) in [5.74, 6) is 0. The molecule has 0 unspecified atom stereocenters. The molecule has 0 aromatic carbocycles. The van der Waals surface area contributed by atoms with Gasteiger partial charge in [-0.1, -0.05) is 16.8 Å². The van der Waals surface area contributed by atoms with E-state index in [1.54, 1.807) is 17.1 Å². The number of aromatic nitrogens is 4. The first kappa shape index (κ1) is 8.82. The topological polar surface area (TPSA) is 43.6 Å². The average Bonchev–Trinajstić information content (AvgIpc) is 2.83. The molecule has 0 radical (unpaired) electrons. The molecule has 3 rings (SSSR count). The van der Waals surface area contributed by atoms with Crippen molar-refractivity contribution >= 4 is 34.0 Å². The molecule has 3 heterocycles. The molecule has 0 saturated carbocycles. The molecule has 0 amide bonds. The summed E-state index contributed by atoms with van der Waals surface area (Å²) in [5.41, 5.74) is 1.71. The van der Waals surface area contributed by atoms with Crippen molar-refractivity contribution in [1.82, 2.24) is 20.0 Å². The van der Waals surface area contributed by atoms with Gasteiger partial charge in [0.1, 0.15) is 10.5 Å². The molecule has 6 heteroatoms. The van der Waals surface area contributed by atoms with Crippen LogP contribution in [0.15, 0.2) is 30.6 Å². The van der Waals surface area contributed by atoms with Crippen molar-refractivity contribution in [2.75, 3.05) is 0 Å². The standard InChI is InChI=1S/C9H5ClN4S/c10-8-1-2-9(15-8)14-7-3-4-11-5-6(7)12-13-14/h1-5H. The quantitative estimate of drug-likeness (QED) is 0.652. The Labute approximate surface area is 94.1 Å². The molecule has 3 aromatic heterocycles. The van der Waals surface area contributed by atoms with Crippen LogP contribution in [-0.2, 0) is 0 Å². The number of hydrogen-bond donors (Lipinski definition) is 0. The fraction of sp³-hybridized carbons (Fsp3) is 0. The number of nitrogens with zero attached hydrogens (tertiary/aromatic N) is 4. The molecule has 0 aliphatic heterocycles. The summed E-state index contributed by atoms with van der Waals surface area (Å²) < 4.78 is 2.50. The van der Waals surface area contributed by atoms with Crippen LogP contribution in [0.25, 0.3) is 16.0 Å². The van der Waals surface area contributed by atoms with Crippen LogP contribution in [0.4, 0.5) is 0 Å². The predicted octanol–water partition coefficient (Wildman–Crippen LogP) is 2.53. The maximum Gasteiger partial charge on any atom is 0.131 e. The summed E-state index contributed by atoms with van der Waals surface area (Å²) in [7, 11) is 0. The molecule has 3 aromatic rings. The van der Waals surface area contributed by atoms with Crippen LogP contribution >= 0.6 is 22.9 Å². The number of thiophene rings is 1. The summed E-state index contributed by atoms with van der Waals surface area (Å²) in [5, 5.41) is 9.03. The van der Waals surface area contributed by atoms with Crippen LogP contribution in [0.3, 0.4) is 0 Å². The summed E-state index contributed by atoms with van der Waals surface area (Å²) in [6.07, 6.45) is 3.41. The van der Waals surface area contributed by atoms with Crippen molar-refractivity contribution in [1.29, 1.82) is 0 Å². The molecule has 74 valence electrons. The molecule has 0 bridgehead atoms. The highest BCUT2D eigenvalue weighted by atomic mass is 35.5. The van der Waals surface area contributed by atoms with Gasteiger partial charge in [-0.25, -0.2) is 4.68 Å². The zero-order valence-corrected chi connectivity index (χ0v) is 9.03. The van der Waals surface area contributed by atoms with E-state index in [0.29, 0.717) is 0 Å². The van der Waals surface area contributed by atoms with Crippen molar-refractivity contribution in [3.63, 3.8) is 0 Å². The second kappa shape index (κ2) is 3.29. The zero-order chi connectivity index (χ0) is 10.3. The first-order chi connectivity index (χ1) is 7.34. The second-order valence-corrected chi connectivity index (χ2v) is 4.64. The van der Waals surface area contributed by atoms with Crippen molar-refractivity contribution < 1.29 is 0 Å². The van der Waals surface area contributed by atoms with Gasteiger partial charge in [0.2, 0.25) is 0 Å². The lowest BCUT2D eigenvalue weighted by Gasteiger charge is -1.95. The molecule has 0 atom stereocenters. The van der Waals surface area contributed by atoms with Crippen LogP contribution in [0.5, 0.6) is 0 Å². The lowest BCUT2D eigenvalue weighted by molar-refractivity contribution is 0.835. The number of rotatable bonds is 1. The third-order valence-electron chi connectivity index (χ3n) is 2.02. The second-order valence-electron chi connectivity index (χ2n) is 2.94. The maximum absolute atomic E-state index is 5.87. The fourth-order valence-electron chi connectivity index (χ4n) is 1.36. The van der Waals surface area contributed by atoms with Gasteiger partial charge in [0, 0.05) is 6.20 Å². The fourth-order valence-corrected chi connectivity index (χ4v) is 2.35. The molecular formula is C9H5ClN4S. The van der Waals surface area contributed by atoms with Crippen LogP contribution in [-0.4, -0.2) is 20.0 Å². The van der Waals surface area contributed by atoms with Crippen LogP contribution in [0.2, 0.25) is 4.34 Å². The molecular weight excluding hydrogens is 232 g/mol. The Morgan fingerprint density at radius 1 is 1.27 bits per heavy atom. The highest BCUT2D eigenvalue weighted by Crippen LogP contribution is 2.26. The van der Waals surface area contributed by atoms with Gasteiger partial charge in [0.25, 0.3) is 0 Å². The van der Waals surface area contributed by atoms with E-state index in [0.717, 1.165) is 20.4 Å². The van der Waals surface area contributed by atoms with Gasteiger partial charge in [0.05, 0.1) is 16.0 Å². The Hall–Kier alpha value is -1.46. The van der Waals surface area contributed by atoms with E-state index in [9.17, 15) is 0 Å². The van der Waals surface area contributed by atoms with Crippen LogP contribution < -0.4 is 0 Å². The van der Waals surface area contributed by atoms with Crippen LogP contribution in [0.1, 0.15) is 0 Å². The monoisotopic (exact) mass is 236 g/mol. The Balaban J connectivity index is 2.27. The smallest absolute Gasteiger partial charge is 0.131 e. The first-order valence-corrected chi connectivity index (χ1v) is 5.45. The third-order valence-corrected chi connectivity index (χ3v) is 3.22. The van der Waals surface area contributed by atoms with Gasteiger partial charge in [-0.2, -0.15) is 0 Å². The zero-order valence-electron chi connectivity index (χ0n) is 7.46. The van der Waals surface area contributed by atoms with Gasteiger partial charge in [-0.15, -0.1) is 16.4 Å². The molecule has 0 spiro atoms. The number of halogens is 1. The highest BCUT2D eigenvalue weighted by Gasteiger charge is 2.07. The molecule has 0 fully saturated rings. The lowest BCUT2D eigenvalue weighted by Crippen LogP contribution is -1.92. The summed E-state index contributed by atoms with van der Waals surface area (Å²) in [6, 6.07) is 5.64. The van der Waals surface area contributed by atoms with Gasteiger partial charge < -0.3 is 0 Å². The minimum absolute atomic E-state index is 0.739. The van der Waals surface area contributed by atoms with E-state index in [1.807, 2.05) is 18.2 Å². The van der Waals surface area contributed by atoms with E-state index >= 15 is 0 Å². The SMILES string of the molecule is Clc1ccc(-n2nnc3cnccc32)s1. The first-order valence-electron chi connectivity index (χ1n) is 4.26. The van der Waals surface area contributed by atoms with E-state index < -0.39 is 0 Å². The van der Waals surface area contributed by atoms with E-state index in [2.05, 4.69) is 15.3 Å². The van der Waals surface area contributed by atoms with E-state index in [-0.39, 0.29) is 0 Å². The number of hydrogen-bond acceptors (Lipinski definition) is 4. The van der Waals surface area contributed by atoms with Gasteiger partial charge >= 0.3 is 0 Å². The predicted molar refractivity (Wildman–Crippen MR) is 59.5 cm³/mol. The van der Waals surface area contributed by atoms with Gasteiger partial charge in [0.15, 0.2) is 0 Å². The normalized spacial score (nSPS) is 11.0. The molecule has 0 aliphatic rings. The lowest BCUT2D eigenvalue weighted by atomic mass is 10.4. The Bertz CT molecular complexity index is 615. The van der Waals surface area contributed by atoms with Crippen molar-refractivity contribution in [2.45, 2.75) is 0 Å². The van der Waals surface area contributed by atoms with Crippen molar-refractivity contribution in [3.05, 3.63) is 34.9 Å². The van der Waals surface area contributed by atoms with Crippen molar-refractivity contribution in [2.24, 2.45) is 0 Å². The number of pyridine rings is 1. The van der Waals surface area contributed by atoms with Gasteiger partial charge in [-0.3, -0.25) is 4.98 Å². The molecule has 4 nitrogen and oxygen atoms in total. The average molecular weight is 237 g/mol. The Morgan fingerprint density at radius 3 is 3.00 bits per heavy atom. The van der Waals surface area contributed by atoms with Crippen LogP contribution in [0, 0.1) is 0 Å². The summed E-state index contributed by atoms with van der Waals surface area (Å²) >= 11 is 7.34. The summed E-state index contributed by atoms with van der Waals surface area (Å²) in [6.45, 7) is 0. The maximum atomic E-state index is 5.87. The Kier molecular flexibility index (Phi) is 1.93. The largest absolute Gasteiger partial charge is 0.262 e. The Morgan fingerprint density at radius 2 is 2.20 bits per heavy atom. The molecule has 15 heavy (non-hydrogen) atoms.